The quantitative estimate of drug-likeness (QED) is 0.837. The predicted molar refractivity (Wildman–Crippen MR) is 59.1 cm³/mol. The fourth-order valence-corrected chi connectivity index (χ4v) is 1.74. The summed E-state index contributed by atoms with van der Waals surface area (Å²) in [6.07, 6.45) is 0. The van der Waals surface area contributed by atoms with Crippen molar-refractivity contribution < 1.29 is 0 Å². The van der Waals surface area contributed by atoms with Crippen molar-refractivity contribution in [1.29, 1.82) is 5.26 Å². The molecule has 1 N–H and O–H groups in total. The van der Waals surface area contributed by atoms with Crippen molar-refractivity contribution in [2.45, 2.75) is 6.92 Å². The molecule has 0 amide bonds. The molecule has 1 aromatic carbocycles. The van der Waals surface area contributed by atoms with Crippen molar-refractivity contribution in [2.24, 2.45) is 0 Å². The number of rotatable bonds is 2. The van der Waals surface area contributed by atoms with Crippen LogP contribution in [0, 0.1) is 18.3 Å². The summed E-state index contributed by atoms with van der Waals surface area (Å²) in [5.41, 5.74) is 1.36. The number of benzene rings is 1. The summed E-state index contributed by atoms with van der Waals surface area (Å²) < 4.78 is 4.05. The van der Waals surface area contributed by atoms with Gasteiger partial charge in [0, 0.05) is 11.5 Å². The summed E-state index contributed by atoms with van der Waals surface area (Å²) in [6, 6.07) is 9.42. The molecular weight excluding hydrogens is 208 g/mol. The molecule has 0 saturated heterocycles. The highest BCUT2D eigenvalue weighted by Gasteiger charge is 2.03. The predicted octanol–water partition coefficient (Wildman–Crippen LogP) is 2.46. The molecule has 4 nitrogen and oxygen atoms in total. The van der Waals surface area contributed by atoms with E-state index in [1.807, 2.05) is 25.1 Å². The molecule has 1 aromatic heterocycles. The van der Waals surface area contributed by atoms with Gasteiger partial charge in [0.2, 0.25) is 5.13 Å². The van der Waals surface area contributed by atoms with Crippen LogP contribution in [0.4, 0.5) is 10.8 Å². The van der Waals surface area contributed by atoms with E-state index >= 15 is 0 Å². The molecule has 0 fully saturated rings. The Bertz CT molecular complexity index is 512. The molecule has 0 unspecified atom stereocenters. The molecule has 0 aliphatic carbocycles. The van der Waals surface area contributed by atoms with Crippen LogP contribution in [0.2, 0.25) is 0 Å². The fraction of sp³-hybridized carbons (Fsp3) is 0.100. The highest BCUT2D eigenvalue weighted by molar-refractivity contribution is 7.09. The van der Waals surface area contributed by atoms with E-state index in [1.165, 1.54) is 11.5 Å². The minimum Gasteiger partial charge on any atom is -0.329 e. The second-order valence-corrected chi connectivity index (χ2v) is 3.68. The minimum atomic E-state index is 0.602. The summed E-state index contributed by atoms with van der Waals surface area (Å²) in [7, 11) is 0. The van der Waals surface area contributed by atoms with Gasteiger partial charge in [-0.3, -0.25) is 0 Å². The number of nitrogens with one attached hydrogen (secondary N) is 1. The van der Waals surface area contributed by atoms with Crippen molar-refractivity contribution in [1.82, 2.24) is 9.36 Å². The lowest BCUT2D eigenvalue weighted by molar-refractivity contribution is 1.17. The topological polar surface area (TPSA) is 61.6 Å². The number of para-hydroxylation sites is 1. The number of anilines is 2. The van der Waals surface area contributed by atoms with Crippen LogP contribution in [-0.4, -0.2) is 9.36 Å². The number of aromatic nitrogens is 2. The maximum Gasteiger partial charge on any atom is 0.207 e. The van der Waals surface area contributed by atoms with Gasteiger partial charge in [0.1, 0.15) is 11.9 Å². The number of hydrogen-bond acceptors (Lipinski definition) is 5. The molecule has 0 aliphatic heterocycles. The Balaban J connectivity index is 2.28. The average Bonchev–Trinajstić information content (AvgIpc) is 2.65. The largest absolute Gasteiger partial charge is 0.329 e. The third-order valence-electron chi connectivity index (χ3n) is 1.82. The molecule has 0 aliphatic rings. The second kappa shape index (κ2) is 4.07. The first kappa shape index (κ1) is 9.62. The lowest BCUT2D eigenvalue weighted by Crippen LogP contribution is -1.92. The van der Waals surface area contributed by atoms with Gasteiger partial charge >= 0.3 is 0 Å². The zero-order valence-electron chi connectivity index (χ0n) is 8.06. The summed E-state index contributed by atoms with van der Waals surface area (Å²) in [6.45, 7) is 1.83. The van der Waals surface area contributed by atoms with Crippen molar-refractivity contribution >= 4 is 22.4 Å². The lowest BCUT2D eigenvalue weighted by atomic mass is 10.2. The highest BCUT2D eigenvalue weighted by Crippen LogP contribution is 2.21. The Morgan fingerprint density at radius 1 is 1.40 bits per heavy atom. The number of hydrogen-bond donors (Lipinski definition) is 1. The molecule has 15 heavy (non-hydrogen) atoms. The molecule has 0 saturated carbocycles. The van der Waals surface area contributed by atoms with E-state index in [0.717, 1.165) is 11.5 Å². The molecule has 0 spiro atoms. The van der Waals surface area contributed by atoms with E-state index in [2.05, 4.69) is 20.7 Å². The second-order valence-electron chi connectivity index (χ2n) is 2.93. The number of aryl methyl sites for hydroxylation is 1. The van der Waals surface area contributed by atoms with Gasteiger partial charge in [-0.2, -0.15) is 9.64 Å². The van der Waals surface area contributed by atoms with Crippen molar-refractivity contribution in [2.75, 3.05) is 5.32 Å². The van der Waals surface area contributed by atoms with Gasteiger partial charge in [0.15, 0.2) is 0 Å². The van der Waals surface area contributed by atoms with Crippen LogP contribution in [0.1, 0.15) is 11.4 Å². The van der Waals surface area contributed by atoms with Crippen LogP contribution in [-0.2, 0) is 0 Å². The number of nitrogens with zero attached hydrogens (tertiary/aromatic N) is 3. The SMILES string of the molecule is Cc1nsc(Nc2ccccc2C#N)n1. The summed E-state index contributed by atoms with van der Waals surface area (Å²) >= 11 is 1.28. The molecule has 5 heteroatoms. The van der Waals surface area contributed by atoms with Gasteiger partial charge in [0.25, 0.3) is 0 Å². The zero-order chi connectivity index (χ0) is 10.7. The first-order chi connectivity index (χ1) is 7.29. The van der Waals surface area contributed by atoms with Crippen LogP contribution in [0.25, 0.3) is 0 Å². The smallest absolute Gasteiger partial charge is 0.207 e. The van der Waals surface area contributed by atoms with Crippen LogP contribution in [0.5, 0.6) is 0 Å². The molecule has 74 valence electrons. The van der Waals surface area contributed by atoms with Gasteiger partial charge < -0.3 is 5.32 Å². The molecule has 0 radical (unpaired) electrons. The van der Waals surface area contributed by atoms with Gasteiger partial charge in [-0.1, -0.05) is 12.1 Å². The first-order valence-electron chi connectivity index (χ1n) is 4.36. The normalized spacial score (nSPS) is 9.60. The molecule has 0 bridgehead atoms. The van der Waals surface area contributed by atoms with Crippen molar-refractivity contribution in [3.63, 3.8) is 0 Å². The Kier molecular flexibility index (Phi) is 2.61. The zero-order valence-corrected chi connectivity index (χ0v) is 8.88. The Morgan fingerprint density at radius 2 is 2.20 bits per heavy atom. The maximum atomic E-state index is 8.88. The van der Waals surface area contributed by atoms with Crippen LogP contribution >= 0.6 is 11.5 Å². The van der Waals surface area contributed by atoms with Crippen LogP contribution in [0.15, 0.2) is 24.3 Å². The van der Waals surface area contributed by atoms with Gasteiger partial charge in [-0.25, -0.2) is 4.98 Å². The van der Waals surface area contributed by atoms with Crippen molar-refractivity contribution in [3.8, 4) is 6.07 Å². The Labute approximate surface area is 91.4 Å². The number of nitriles is 1. The summed E-state index contributed by atoms with van der Waals surface area (Å²) in [4.78, 5) is 4.17. The fourth-order valence-electron chi connectivity index (χ4n) is 1.15. The third kappa shape index (κ3) is 2.11. The lowest BCUT2D eigenvalue weighted by Gasteiger charge is -2.02. The highest BCUT2D eigenvalue weighted by atomic mass is 32.1. The Hall–Kier alpha value is -1.93. The maximum absolute atomic E-state index is 8.88. The summed E-state index contributed by atoms with van der Waals surface area (Å²) in [5, 5.41) is 12.6. The van der Waals surface area contributed by atoms with Crippen LogP contribution < -0.4 is 5.32 Å². The van der Waals surface area contributed by atoms with E-state index in [9.17, 15) is 0 Å². The average molecular weight is 216 g/mol. The molecule has 2 rings (SSSR count). The molecule has 2 aromatic rings. The third-order valence-corrected chi connectivity index (χ3v) is 2.54. The van der Waals surface area contributed by atoms with E-state index < -0.39 is 0 Å². The van der Waals surface area contributed by atoms with E-state index in [0.29, 0.717) is 10.7 Å². The van der Waals surface area contributed by atoms with Crippen LogP contribution in [0.3, 0.4) is 0 Å². The molecular formula is C10H8N4S. The first-order valence-corrected chi connectivity index (χ1v) is 5.13. The van der Waals surface area contributed by atoms with Crippen molar-refractivity contribution in [3.05, 3.63) is 35.7 Å². The summed E-state index contributed by atoms with van der Waals surface area (Å²) in [5.74, 6) is 0.733. The monoisotopic (exact) mass is 216 g/mol. The van der Waals surface area contributed by atoms with E-state index in [1.54, 1.807) is 6.07 Å². The minimum absolute atomic E-state index is 0.602. The van der Waals surface area contributed by atoms with E-state index in [4.69, 9.17) is 5.26 Å². The van der Waals surface area contributed by atoms with Gasteiger partial charge in [-0.15, -0.1) is 0 Å². The standard InChI is InChI=1S/C10H8N4S/c1-7-12-10(15-14-7)13-9-5-3-2-4-8(9)6-11/h2-5H,1H3,(H,12,13,14). The Morgan fingerprint density at radius 3 is 2.87 bits per heavy atom. The van der Waals surface area contributed by atoms with E-state index in [-0.39, 0.29) is 0 Å². The van der Waals surface area contributed by atoms with Gasteiger partial charge in [0.05, 0.1) is 11.3 Å². The molecule has 1 heterocycles. The van der Waals surface area contributed by atoms with Gasteiger partial charge in [-0.05, 0) is 19.1 Å². The molecule has 0 atom stereocenters.